The van der Waals surface area contributed by atoms with Crippen LogP contribution in [0.4, 0.5) is 0 Å². The molecule has 0 saturated carbocycles. The molecule has 1 aliphatic heterocycles. The summed E-state index contributed by atoms with van der Waals surface area (Å²) in [6.07, 6.45) is 5.27. The van der Waals surface area contributed by atoms with Gasteiger partial charge in [-0.15, -0.1) is 0 Å². The summed E-state index contributed by atoms with van der Waals surface area (Å²) in [5, 5.41) is 6.72. The number of pyridine rings is 1. The van der Waals surface area contributed by atoms with Crippen LogP contribution in [0.2, 0.25) is 0 Å². The Morgan fingerprint density at radius 2 is 2.43 bits per heavy atom. The van der Waals surface area contributed by atoms with Crippen molar-refractivity contribution in [3.05, 3.63) is 30.4 Å². The molecule has 3 heterocycles. The highest BCUT2D eigenvalue weighted by Gasteiger charge is 2.23. The molecule has 0 bridgehead atoms. The van der Waals surface area contributed by atoms with Gasteiger partial charge in [-0.3, -0.25) is 9.78 Å². The number of carbonyl (C=O) groups is 1. The highest BCUT2D eigenvalue weighted by Crippen LogP contribution is 2.14. The Bertz CT molecular complexity index is 593. The fraction of sp³-hybridized carbons (Fsp3) is 0.429. The fourth-order valence-electron chi connectivity index (χ4n) is 2.16. The molecule has 110 valence electrons. The van der Waals surface area contributed by atoms with Gasteiger partial charge in [0, 0.05) is 37.5 Å². The van der Waals surface area contributed by atoms with E-state index in [9.17, 15) is 4.79 Å². The van der Waals surface area contributed by atoms with Gasteiger partial charge in [0.15, 0.2) is 0 Å². The summed E-state index contributed by atoms with van der Waals surface area (Å²) in [5.41, 5.74) is 0.802. The Hall–Kier alpha value is -2.28. The summed E-state index contributed by atoms with van der Waals surface area (Å²) < 4.78 is 10.5. The van der Waals surface area contributed by atoms with E-state index in [0.29, 0.717) is 31.3 Å². The normalized spacial score (nSPS) is 17.8. The van der Waals surface area contributed by atoms with Crippen LogP contribution in [0, 0.1) is 0 Å². The molecule has 2 aromatic rings. The smallest absolute Gasteiger partial charge is 0.249 e. The summed E-state index contributed by atoms with van der Waals surface area (Å²) in [4.78, 5) is 20.0. The van der Waals surface area contributed by atoms with Crippen LogP contribution in [0.3, 0.4) is 0 Å². The van der Waals surface area contributed by atoms with Crippen LogP contribution in [0.25, 0.3) is 11.4 Å². The first-order valence-electron chi connectivity index (χ1n) is 6.95. The number of nitrogens with one attached hydrogen (secondary N) is 1. The zero-order valence-corrected chi connectivity index (χ0v) is 11.5. The van der Waals surface area contributed by atoms with E-state index in [2.05, 4.69) is 20.4 Å². The Kier molecular flexibility index (Phi) is 4.20. The summed E-state index contributed by atoms with van der Waals surface area (Å²) in [5.74, 6) is 0.921. The topological polar surface area (TPSA) is 90.1 Å². The molecule has 0 radical (unpaired) electrons. The lowest BCUT2D eigenvalue weighted by atomic mass is 10.2. The van der Waals surface area contributed by atoms with Crippen molar-refractivity contribution in [2.75, 3.05) is 13.2 Å². The predicted octanol–water partition coefficient (Wildman–Crippen LogP) is 0.969. The zero-order valence-electron chi connectivity index (χ0n) is 11.5. The lowest BCUT2D eigenvalue weighted by Crippen LogP contribution is -2.35. The maximum Gasteiger partial charge on any atom is 0.249 e. The van der Waals surface area contributed by atoms with Crippen LogP contribution >= 0.6 is 0 Å². The third-order valence-corrected chi connectivity index (χ3v) is 3.25. The van der Waals surface area contributed by atoms with Gasteiger partial charge < -0.3 is 14.6 Å². The van der Waals surface area contributed by atoms with E-state index in [0.717, 1.165) is 18.4 Å². The number of amides is 1. The molecule has 1 atom stereocenters. The minimum absolute atomic E-state index is 0.0699. The van der Waals surface area contributed by atoms with Gasteiger partial charge in [0.05, 0.1) is 0 Å². The van der Waals surface area contributed by atoms with E-state index in [1.165, 1.54) is 0 Å². The largest absolute Gasteiger partial charge is 0.368 e. The summed E-state index contributed by atoms with van der Waals surface area (Å²) >= 11 is 0. The lowest BCUT2D eigenvalue weighted by Gasteiger charge is -2.08. The molecule has 1 fully saturated rings. The van der Waals surface area contributed by atoms with E-state index in [4.69, 9.17) is 9.26 Å². The molecule has 1 saturated heterocycles. The van der Waals surface area contributed by atoms with E-state index < -0.39 is 0 Å². The van der Waals surface area contributed by atoms with Gasteiger partial charge >= 0.3 is 0 Å². The molecule has 1 N–H and O–H groups in total. The van der Waals surface area contributed by atoms with E-state index in [1.54, 1.807) is 12.4 Å². The maximum atomic E-state index is 11.8. The Morgan fingerprint density at radius 3 is 3.19 bits per heavy atom. The Labute approximate surface area is 121 Å². The number of ether oxygens (including phenoxy) is 1. The molecule has 1 aliphatic rings. The van der Waals surface area contributed by atoms with Gasteiger partial charge in [0.25, 0.3) is 0 Å². The van der Waals surface area contributed by atoms with Crippen molar-refractivity contribution >= 4 is 5.91 Å². The highest BCUT2D eigenvalue weighted by atomic mass is 16.5. The van der Waals surface area contributed by atoms with Crippen LogP contribution in [0.1, 0.15) is 18.7 Å². The second-order valence-electron chi connectivity index (χ2n) is 4.80. The molecule has 2 aromatic heterocycles. The van der Waals surface area contributed by atoms with Crippen LogP contribution in [-0.4, -0.2) is 40.3 Å². The van der Waals surface area contributed by atoms with Gasteiger partial charge in [-0.2, -0.15) is 4.98 Å². The summed E-state index contributed by atoms with van der Waals surface area (Å²) in [6, 6.07) is 3.67. The summed E-state index contributed by atoms with van der Waals surface area (Å²) in [6.45, 7) is 1.11. The highest BCUT2D eigenvalue weighted by molar-refractivity contribution is 5.80. The van der Waals surface area contributed by atoms with Crippen molar-refractivity contribution in [3.63, 3.8) is 0 Å². The van der Waals surface area contributed by atoms with Crippen molar-refractivity contribution in [1.82, 2.24) is 20.4 Å². The molecule has 0 aliphatic carbocycles. The van der Waals surface area contributed by atoms with Crippen LogP contribution < -0.4 is 5.32 Å². The monoisotopic (exact) mass is 288 g/mol. The van der Waals surface area contributed by atoms with E-state index >= 15 is 0 Å². The van der Waals surface area contributed by atoms with E-state index in [-0.39, 0.29) is 12.0 Å². The number of carbonyl (C=O) groups excluding carboxylic acids is 1. The first-order chi connectivity index (χ1) is 10.3. The first kappa shape index (κ1) is 13.7. The Balaban J connectivity index is 1.50. The number of rotatable bonds is 5. The zero-order chi connectivity index (χ0) is 14.5. The van der Waals surface area contributed by atoms with Gasteiger partial charge in [0.2, 0.25) is 17.6 Å². The SMILES string of the molecule is O=C(NCCc1nc(-c2cccnc2)no1)[C@@H]1CCCO1. The second-order valence-corrected chi connectivity index (χ2v) is 4.80. The third kappa shape index (κ3) is 3.43. The van der Waals surface area contributed by atoms with Crippen LogP contribution in [0.5, 0.6) is 0 Å². The second kappa shape index (κ2) is 6.45. The molecule has 7 heteroatoms. The number of hydrogen-bond donors (Lipinski definition) is 1. The number of nitrogens with zero attached hydrogens (tertiary/aromatic N) is 3. The van der Waals surface area contributed by atoms with Crippen molar-refractivity contribution < 1.29 is 14.1 Å². The standard InChI is InChI=1S/C14H16N4O3/c19-14(11-4-2-8-20-11)16-7-5-12-17-13(18-21-12)10-3-1-6-15-9-10/h1,3,6,9,11H,2,4-5,7-8H2,(H,16,19)/t11-/m0/s1. The minimum Gasteiger partial charge on any atom is -0.368 e. The Morgan fingerprint density at radius 1 is 1.48 bits per heavy atom. The van der Waals surface area contributed by atoms with Crippen LogP contribution in [-0.2, 0) is 16.0 Å². The lowest BCUT2D eigenvalue weighted by molar-refractivity contribution is -0.130. The van der Waals surface area contributed by atoms with Gasteiger partial charge in [-0.05, 0) is 25.0 Å². The fourth-order valence-corrected chi connectivity index (χ4v) is 2.16. The molecule has 21 heavy (non-hydrogen) atoms. The van der Waals surface area contributed by atoms with Gasteiger partial charge in [-0.25, -0.2) is 0 Å². The average molecular weight is 288 g/mol. The van der Waals surface area contributed by atoms with Gasteiger partial charge in [0.1, 0.15) is 6.10 Å². The quantitative estimate of drug-likeness (QED) is 0.881. The molecule has 3 rings (SSSR count). The number of aromatic nitrogens is 3. The first-order valence-corrected chi connectivity index (χ1v) is 6.95. The molecule has 0 unspecified atom stereocenters. The molecule has 7 nitrogen and oxygen atoms in total. The molecule has 0 spiro atoms. The van der Waals surface area contributed by atoms with Crippen molar-refractivity contribution in [3.8, 4) is 11.4 Å². The van der Waals surface area contributed by atoms with Crippen LogP contribution in [0.15, 0.2) is 29.0 Å². The van der Waals surface area contributed by atoms with Gasteiger partial charge in [-0.1, -0.05) is 5.16 Å². The van der Waals surface area contributed by atoms with Crippen molar-refractivity contribution in [1.29, 1.82) is 0 Å². The molecular formula is C14H16N4O3. The molecule has 0 aromatic carbocycles. The predicted molar refractivity (Wildman–Crippen MR) is 73.2 cm³/mol. The molecule has 1 amide bonds. The van der Waals surface area contributed by atoms with E-state index in [1.807, 2.05) is 12.1 Å². The minimum atomic E-state index is -0.307. The third-order valence-electron chi connectivity index (χ3n) is 3.25. The summed E-state index contributed by atoms with van der Waals surface area (Å²) in [7, 11) is 0. The molecular weight excluding hydrogens is 272 g/mol. The van der Waals surface area contributed by atoms with Crippen molar-refractivity contribution in [2.45, 2.75) is 25.4 Å². The number of hydrogen-bond acceptors (Lipinski definition) is 6. The average Bonchev–Trinajstić information content (AvgIpc) is 3.20. The van der Waals surface area contributed by atoms with Crippen molar-refractivity contribution in [2.24, 2.45) is 0 Å². The maximum absolute atomic E-state index is 11.8.